The Morgan fingerprint density at radius 1 is 1.28 bits per heavy atom. The lowest BCUT2D eigenvalue weighted by molar-refractivity contribution is 0.108. The Bertz CT molecular complexity index is 789. The van der Waals surface area contributed by atoms with Crippen LogP contribution in [0.25, 0.3) is 0 Å². The van der Waals surface area contributed by atoms with Crippen molar-refractivity contribution in [2.24, 2.45) is 4.99 Å². The molecule has 160 valence electrons. The predicted octanol–water partition coefficient (Wildman–Crippen LogP) is 2.38. The smallest absolute Gasteiger partial charge is 0.216 e. The van der Waals surface area contributed by atoms with Gasteiger partial charge in [-0.15, -0.1) is 24.0 Å². The number of aromatic nitrogens is 1. The van der Waals surface area contributed by atoms with Gasteiger partial charge in [0.05, 0.1) is 11.8 Å². The van der Waals surface area contributed by atoms with Gasteiger partial charge in [-0.2, -0.15) is 0 Å². The van der Waals surface area contributed by atoms with Gasteiger partial charge in [0.1, 0.15) is 12.3 Å². The number of β-amino-alcohol motifs (C(OH)–C–C–N with tert-alkyl or cyclic N) is 1. The van der Waals surface area contributed by atoms with E-state index in [2.05, 4.69) is 49.8 Å². The first-order valence-corrected chi connectivity index (χ1v) is 9.97. The molecule has 7 nitrogen and oxygen atoms in total. The molecule has 1 aromatic carbocycles. The highest BCUT2D eigenvalue weighted by Gasteiger charge is 2.18. The maximum atomic E-state index is 10.5. The molecular formula is C21H32IN5O2. The highest BCUT2D eigenvalue weighted by atomic mass is 127. The van der Waals surface area contributed by atoms with E-state index in [1.54, 1.807) is 0 Å². The third-order valence-electron chi connectivity index (χ3n) is 4.97. The fourth-order valence-corrected chi connectivity index (χ4v) is 3.38. The molecule has 0 saturated heterocycles. The number of aryl methyl sites for hydroxylation is 2. The lowest BCUT2D eigenvalue weighted by Gasteiger charge is -2.30. The average molecular weight is 513 g/mol. The molecule has 0 saturated carbocycles. The number of aliphatic hydroxyl groups excluding tert-OH is 1. The van der Waals surface area contributed by atoms with Crippen molar-refractivity contribution in [3.63, 3.8) is 0 Å². The largest absolute Gasteiger partial charge is 0.444 e. The van der Waals surface area contributed by atoms with Crippen LogP contribution in [0, 0.1) is 13.8 Å². The Balaban J connectivity index is 0.00000300. The summed E-state index contributed by atoms with van der Waals surface area (Å²) in [5.41, 5.74) is 3.67. The van der Waals surface area contributed by atoms with Crippen LogP contribution in [0.2, 0.25) is 0 Å². The Morgan fingerprint density at radius 2 is 2.03 bits per heavy atom. The van der Waals surface area contributed by atoms with Crippen molar-refractivity contribution in [3.8, 4) is 0 Å². The lowest BCUT2D eigenvalue weighted by Crippen LogP contribution is -2.45. The van der Waals surface area contributed by atoms with E-state index >= 15 is 0 Å². The Kier molecular flexibility index (Phi) is 9.38. The van der Waals surface area contributed by atoms with E-state index in [1.165, 1.54) is 11.1 Å². The maximum absolute atomic E-state index is 10.5. The second-order valence-electron chi connectivity index (χ2n) is 7.23. The third-order valence-corrected chi connectivity index (χ3v) is 4.97. The van der Waals surface area contributed by atoms with E-state index in [0.29, 0.717) is 31.5 Å². The maximum Gasteiger partial charge on any atom is 0.216 e. The number of nitrogens with one attached hydrogen (secondary N) is 2. The third kappa shape index (κ3) is 6.97. The van der Waals surface area contributed by atoms with Crippen molar-refractivity contribution in [1.29, 1.82) is 0 Å². The molecule has 2 aromatic rings. The molecule has 0 spiro atoms. The van der Waals surface area contributed by atoms with Crippen molar-refractivity contribution in [3.05, 3.63) is 52.7 Å². The number of guanidine groups is 1. The SMILES string of the molecule is CCNC(=NCc1nc(C)c(C)o1)NCC(O)CN1CCc2ccccc2C1.I. The van der Waals surface area contributed by atoms with Gasteiger partial charge < -0.3 is 20.2 Å². The number of hydrogen-bond acceptors (Lipinski definition) is 5. The summed E-state index contributed by atoms with van der Waals surface area (Å²) >= 11 is 0. The van der Waals surface area contributed by atoms with E-state index in [4.69, 9.17) is 4.42 Å². The molecule has 0 amide bonds. The number of fused-ring (bicyclic) bond motifs is 1. The molecule has 8 heteroatoms. The first kappa shape index (κ1) is 23.6. The summed E-state index contributed by atoms with van der Waals surface area (Å²) in [6, 6.07) is 8.54. The molecule has 1 aromatic heterocycles. The van der Waals surface area contributed by atoms with Crippen LogP contribution in [0.5, 0.6) is 0 Å². The van der Waals surface area contributed by atoms with Gasteiger partial charge in [0.2, 0.25) is 5.89 Å². The van der Waals surface area contributed by atoms with Crippen molar-refractivity contribution >= 4 is 29.9 Å². The molecule has 1 aliphatic heterocycles. The fraction of sp³-hybridized carbons (Fsp3) is 0.524. The average Bonchev–Trinajstić information content (AvgIpc) is 3.01. The molecule has 0 aliphatic carbocycles. The van der Waals surface area contributed by atoms with Gasteiger partial charge in [0.15, 0.2) is 5.96 Å². The minimum Gasteiger partial charge on any atom is -0.444 e. The van der Waals surface area contributed by atoms with Crippen LogP contribution in [0.1, 0.15) is 35.4 Å². The number of aliphatic hydroxyl groups is 1. The molecule has 1 aliphatic rings. The summed E-state index contributed by atoms with van der Waals surface area (Å²) < 4.78 is 5.57. The fourth-order valence-electron chi connectivity index (χ4n) is 3.38. The molecule has 1 unspecified atom stereocenters. The molecule has 3 N–H and O–H groups in total. The molecule has 0 fully saturated rings. The number of rotatable bonds is 7. The van der Waals surface area contributed by atoms with Gasteiger partial charge >= 0.3 is 0 Å². The Hall–Kier alpha value is -1.65. The second-order valence-corrected chi connectivity index (χ2v) is 7.23. The number of benzene rings is 1. The molecule has 0 radical (unpaired) electrons. The summed E-state index contributed by atoms with van der Waals surface area (Å²) in [5.74, 6) is 2.07. The second kappa shape index (κ2) is 11.5. The number of aliphatic imine (C=N–C) groups is 1. The van der Waals surface area contributed by atoms with E-state index in [9.17, 15) is 5.11 Å². The first-order valence-electron chi connectivity index (χ1n) is 9.97. The summed E-state index contributed by atoms with van der Waals surface area (Å²) in [6.07, 6.45) is 0.565. The lowest BCUT2D eigenvalue weighted by atomic mass is 10.00. The highest BCUT2D eigenvalue weighted by molar-refractivity contribution is 14.0. The van der Waals surface area contributed by atoms with Crippen molar-refractivity contribution in [1.82, 2.24) is 20.5 Å². The summed E-state index contributed by atoms with van der Waals surface area (Å²) in [6.45, 7) is 9.89. The van der Waals surface area contributed by atoms with Gasteiger partial charge in [0.25, 0.3) is 0 Å². The molecule has 2 heterocycles. The van der Waals surface area contributed by atoms with Crippen LogP contribution in [0.4, 0.5) is 0 Å². The molecule has 29 heavy (non-hydrogen) atoms. The Labute approximate surface area is 190 Å². The monoisotopic (exact) mass is 513 g/mol. The Morgan fingerprint density at radius 3 is 2.72 bits per heavy atom. The van der Waals surface area contributed by atoms with Crippen LogP contribution < -0.4 is 10.6 Å². The topological polar surface area (TPSA) is 85.9 Å². The zero-order chi connectivity index (χ0) is 19.9. The van der Waals surface area contributed by atoms with E-state index in [0.717, 1.165) is 37.5 Å². The van der Waals surface area contributed by atoms with Crippen molar-refractivity contribution < 1.29 is 9.52 Å². The van der Waals surface area contributed by atoms with Crippen LogP contribution >= 0.6 is 24.0 Å². The van der Waals surface area contributed by atoms with Gasteiger partial charge in [-0.3, -0.25) is 4.90 Å². The molecule has 0 bridgehead atoms. The van der Waals surface area contributed by atoms with Gasteiger partial charge in [-0.1, -0.05) is 24.3 Å². The van der Waals surface area contributed by atoms with Gasteiger partial charge in [-0.05, 0) is 38.3 Å². The minimum absolute atomic E-state index is 0. The summed E-state index contributed by atoms with van der Waals surface area (Å²) in [7, 11) is 0. The number of hydrogen-bond donors (Lipinski definition) is 3. The van der Waals surface area contributed by atoms with Crippen LogP contribution in [-0.2, 0) is 19.5 Å². The van der Waals surface area contributed by atoms with E-state index < -0.39 is 6.10 Å². The number of nitrogens with zero attached hydrogens (tertiary/aromatic N) is 3. The number of halogens is 1. The molecular weight excluding hydrogens is 481 g/mol. The summed E-state index contributed by atoms with van der Waals surface area (Å²) in [4.78, 5) is 11.2. The van der Waals surface area contributed by atoms with Crippen molar-refractivity contribution in [2.45, 2.75) is 46.4 Å². The minimum atomic E-state index is -0.472. The highest BCUT2D eigenvalue weighted by Crippen LogP contribution is 2.18. The van der Waals surface area contributed by atoms with E-state index in [1.807, 2.05) is 20.8 Å². The first-order chi connectivity index (χ1) is 13.5. The van der Waals surface area contributed by atoms with Gasteiger partial charge in [-0.25, -0.2) is 9.98 Å². The standard InChI is InChI=1S/C21H31N5O2.HI/c1-4-22-21(24-12-20-25-15(2)16(3)28-20)23-11-19(27)14-26-10-9-17-7-5-6-8-18(17)13-26;/h5-8,19,27H,4,9-14H2,1-3H3,(H2,22,23,24);1H. The normalized spacial score (nSPS) is 15.4. The quantitative estimate of drug-likeness (QED) is 0.300. The van der Waals surface area contributed by atoms with Crippen LogP contribution in [0.15, 0.2) is 33.7 Å². The number of oxazole rings is 1. The molecule has 1 atom stereocenters. The zero-order valence-electron chi connectivity index (χ0n) is 17.4. The van der Waals surface area contributed by atoms with E-state index in [-0.39, 0.29) is 24.0 Å². The predicted molar refractivity (Wildman–Crippen MR) is 126 cm³/mol. The van der Waals surface area contributed by atoms with Gasteiger partial charge in [0, 0.05) is 32.7 Å². The zero-order valence-corrected chi connectivity index (χ0v) is 19.8. The van der Waals surface area contributed by atoms with Crippen molar-refractivity contribution in [2.75, 3.05) is 26.2 Å². The van der Waals surface area contributed by atoms with Crippen LogP contribution in [-0.4, -0.2) is 53.2 Å². The molecule has 3 rings (SSSR count). The van der Waals surface area contributed by atoms with Crippen LogP contribution in [0.3, 0.4) is 0 Å². The summed E-state index contributed by atoms with van der Waals surface area (Å²) in [5, 5.41) is 16.9.